The molecule has 1 aliphatic rings. The first-order chi connectivity index (χ1) is 11.9. The van der Waals surface area contributed by atoms with Gasteiger partial charge in [-0.05, 0) is 6.92 Å². The molecule has 0 bridgehead atoms. The molecule has 0 amide bonds. The van der Waals surface area contributed by atoms with E-state index in [1.54, 1.807) is 17.7 Å². The molecule has 8 nitrogen and oxygen atoms in total. The second-order valence-electron chi connectivity index (χ2n) is 6.88. The maximum absolute atomic E-state index is 12.1. The molecule has 2 aromatic rings. The van der Waals surface area contributed by atoms with Crippen molar-refractivity contribution >= 4 is 0 Å². The summed E-state index contributed by atoms with van der Waals surface area (Å²) in [5.74, 6) is 1.06. The third kappa shape index (κ3) is 3.59. The summed E-state index contributed by atoms with van der Waals surface area (Å²) in [6.45, 7) is 6.39. The number of aryl methyl sites for hydroxylation is 1. The first-order valence-corrected chi connectivity index (χ1v) is 8.55. The average molecular weight is 346 g/mol. The van der Waals surface area contributed by atoms with E-state index in [-0.39, 0.29) is 11.2 Å². The summed E-state index contributed by atoms with van der Waals surface area (Å²) in [5, 5.41) is 0. The molecule has 8 heteroatoms. The van der Waals surface area contributed by atoms with Gasteiger partial charge in [0.15, 0.2) is 0 Å². The highest BCUT2D eigenvalue weighted by Gasteiger charge is 2.25. The largest absolute Gasteiger partial charge is 0.337 e. The number of piperazine rings is 1. The minimum atomic E-state index is -0.274. The Morgan fingerprint density at radius 3 is 2.52 bits per heavy atom. The van der Waals surface area contributed by atoms with Crippen LogP contribution < -0.4 is 11.2 Å². The van der Waals surface area contributed by atoms with Crippen LogP contribution in [0.1, 0.15) is 18.4 Å². The SMILES string of the molecule is C[C@H]1CN(Cc2cc(=O)n(C)c(=O)n2C)CCN1Cc1nccn1C. The summed E-state index contributed by atoms with van der Waals surface area (Å²) in [6, 6.07) is 1.95. The van der Waals surface area contributed by atoms with Crippen molar-refractivity contribution in [2.75, 3.05) is 19.6 Å². The van der Waals surface area contributed by atoms with Crippen LogP contribution in [0.2, 0.25) is 0 Å². The summed E-state index contributed by atoms with van der Waals surface area (Å²) < 4.78 is 4.75. The van der Waals surface area contributed by atoms with E-state index in [1.807, 2.05) is 19.4 Å². The molecule has 2 aromatic heterocycles. The van der Waals surface area contributed by atoms with Crippen LogP contribution in [-0.2, 0) is 34.2 Å². The molecular weight excluding hydrogens is 320 g/mol. The Labute approximate surface area is 146 Å². The van der Waals surface area contributed by atoms with Gasteiger partial charge in [-0.15, -0.1) is 0 Å². The third-order valence-electron chi connectivity index (χ3n) is 5.13. The van der Waals surface area contributed by atoms with Gasteiger partial charge >= 0.3 is 5.69 Å². The molecule has 1 aliphatic heterocycles. The van der Waals surface area contributed by atoms with E-state index in [1.165, 1.54) is 7.05 Å². The standard InChI is InChI=1S/C17H26N6O2/c1-13-10-22(7-8-23(13)12-15-18-5-6-19(15)2)11-14-9-16(24)21(4)17(25)20(14)3/h5-6,9,13H,7-8,10-12H2,1-4H3/t13-/m0/s1. The van der Waals surface area contributed by atoms with E-state index in [0.29, 0.717) is 12.6 Å². The molecule has 0 spiro atoms. The number of rotatable bonds is 4. The fourth-order valence-electron chi connectivity index (χ4n) is 3.34. The molecule has 0 unspecified atom stereocenters. The molecule has 0 aromatic carbocycles. The molecule has 0 saturated carbocycles. The lowest BCUT2D eigenvalue weighted by Gasteiger charge is -2.39. The van der Waals surface area contributed by atoms with Gasteiger partial charge in [-0.3, -0.25) is 23.7 Å². The minimum absolute atomic E-state index is 0.250. The van der Waals surface area contributed by atoms with E-state index >= 15 is 0 Å². The van der Waals surface area contributed by atoms with Crippen molar-refractivity contribution in [3.63, 3.8) is 0 Å². The Kier molecular flexibility index (Phi) is 4.91. The van der Waals surface area contributed by atoms with Crippen LogP contribution >= 0.6 is 0 Å². The Balaban J connectivity index is 1.67. The van der Waals surface area contributed by atoms with Crippen molar-refractivity contribution in [1.82, 2.24) is 28.5 Å². The second-order valence-corrected chi connectivity index (χ2v) is 6.88. The molecule has 1 saturated heterocycles. The highest BCUT2D eigenvalue weighted by Crippen LogP contribution is 2.14. The lowest BCUT2D eigenvalue weighted by atomic mass is 10.1. The Morgan fingerprint density at radius 1 is 1.12 bits per heavy atom. The van der Waals surface area contributed by atoms with E-state index < -0.39 is 0 Å². The van der Waals surface area contributed by atoms with Crippen molar-refractivity contribution < 1.29 is 0 Å². The zero-order chi connectivity index (χ0) is 18.1. The summed E-state index contributed by atoms with van der Waals surface area (Å²) in [6.07, 6.45) is 3.79. The number of nitrogens with zero attached hydrogens (tertiary/aromatic N) is 6. The topological polar surface area (TPSA) is 68.3 Å². The first-order valence-electron chi connectivity index (χ1n) is 8.55. The molecule has 0 N–H and O–H groups in total. The normalized spacial score (nSPS) is 19.4. The van der Waals surface area contributed by atoms with Crippen molar-refractivity contribution in [3.8, 4) is 0 Å². The van der Waals surface area contributed by atoms with Crippen LogP contribution in [0.5, 0.6) is 0 Å². The molecular formula is C17H26N6O2. The summed E-state index contributed by atoms with van der Waals surface area (Å²) in [5.41, 5.74) is 0.237. The van der Waals surface area contributed by atoms with Gasteiger partial charge in [0.2, 0.25) is 0 Å². The highest BCUT2D eigenvalue weighted by atomic mass is 16.2. The smallest absolute Gasteiger partial charge is 0.330 e. The van der Waals surface area contributed by atoms with E-state index in [9.17, 15) is 9.59 Å². The van der Waals surface area contributed by atoms with Crippen LogP contribution in [-0.4, -0.2) is 54.2 Å². The summed E-state index contributed by atoms with van der Waals surface area (Å²) in [7, 11) is 5.24. The quantitative estimate of drug-likeness (QED) is 0.748. The Morgan fingerprint density at radius 2 is 1.88 bits per heavy atom. The molecule has 0 radical (unpaired) electrons. The zero-order valence-corrected chi connectivity index (χ0v) is 15.3. The maximum Gasteiger partial charge on any atom is 0.330 e. The average Bonchev–Trinajstić information content (AvgIpc) is 2.98. The summed E-state index contributed by atoms with van der Waals surface area (Å²) >= 11 is 0. The molecule has 1 atom stereocenters. The van der Waals surface area contributed by atoms with E-state index in [0.717, 1.165) is 42.3 Å². The van der Waals surface area contributed by atoms with Gasteiger partial charge in [0.05, 0.1) is 6.54 Å². The lowest BCUT2D eigenvalue weighted by Crippen LogP contribution is -2.51. The third-order valence-corrected chi connectivity index (χ3v) is 5.13. The monoisotopic (exact) mass is 346 g/mol. The number of aromatic nitrogens is 4. The molecule has 3 heterocycles. The van der Waals surface area contributed by atoms with Crippen LogP contribution in [0.4, 0.5) is 0 Å². The van der Waals surface area contributed by atoms with Crippen LogP contribution in [0, 0.1) is 0 Å². The fourth-order valence-corrected chi connectivity index (χ4v) is 3.34. The lowest BCUT2D eigenvalue weighted by molar-refractivity contribution is 0.0692. The molecule has 0 aliphatic carbocycles. The molecule has 3 rings (SSSR count). The van der Waals surface area contributed by atoms with Gasteiger partial charge in [0, 0.05) is 77.5 Å². The molecule has 136 valence electrons. The van der Waals surface area contributed by atoms with E-state index in [2.05, 4.69) is 26.3 Å². The second kappa shape index (κ2) is 6.97. The Hall–Kier alpha value is -2.19. The predicted octanol–water partition coefficient (Wildman–Crippen LogP) is -0.476. The van der Waals surface area contributed by atoms with Crippen molar-refractivity contribution in [1.29, 1.82) is 0 Å². The molecule has 1 fully saturated rings. The van der Waals surface area contributed by atoms with Crippen molar-refractivity contribution in [2.24, 2.45) is 21.1 Å². The first kappa shape index (κ1) is 17.6. The predicted molar refractivity (Wildman–Crippen MR) is 95.3 cm³/mol. The Bertz CT molecular complexity index is 865. The van der Waals surface area contributed by atoms with Gasteiger partial charge in [0.25, 0.3) is 5.56 Å². The number of hydrogen-bond donors (Lipinski definition) is 0. The molecule has 25 heavy (non-hydrogen) atoms. The van der Waals surface area contributed by atoms with Crippen molar-refractivity contribution in [2.45, 2.75) is 26.1 Å². The summed E-state index contributed by atoms with van der Waals surface area (Å²) in [4.78, 5) is 33.1. The van der Waals surface area contributed by atoms with E-state index in [4.69, 9.17) is 0 Å². The minimum Gasteiger partial charge on any atom is -0.337 e. The highest BCUT2D eigenvalue weighted by molar-refractivity contribution is 5.03. The van der Waals surface area contributed by atoms with Crippen molar-refractivity contribution in [3.05, 3.63) is 50.8 Å². The number of hydrogen-bond acceptors (Lipinski definition) is 5. The van der Waals surface area contributed by atoms with Gasteiger partial charge in [0.1, 0.15) is 5.82 Å². The maximum atomic E-state index is 12.1. The van der Waals surface area contributed by atoms with Gasteiger partial charge in [-0.25, -0.2) is 9.78 Å². The fraction of sp³-hybridized carbons (Fsp3) is 0.588. The van der Waals surface area contributed by atoms with Gasteiger partial charge in [-0.2, -0.15) is 0 Å². The number of imidazole rings is 1. The van der Waals surface area contributed by atoms with Crippen LogP contribution in [0.15, 0.2) is 28.0 Å². The van der Waals surface area contributed by atoms with Gasteiger partial charge < -0.3 is 4.57 Å². The zero-order valence-electron chi connectivity index (χ0n) is 15.3. The van der Waals surface area contributed by atoms with Gasteiger partial charge in [-0.1, -0.05) is 0 Å². The van der Waals surface area contributed by atoms with Crippen LogP contribution in [0.3, 0.4) is 0 Å². The van der Waals surface area contributed by atoms with Crippen LogP contribution in [0.25, 0.3) is 0 Å².